The number of hydrogen-bond acceptors (Lipinski definition) is 12. The molecule has 4 aliphatic heterocycles. The number of carbonyl (C=O) groups excluding carboxylic acids is 6. The van der Waals surface area contributed by atoms with Crippen LogP contribution in [0.5, 0.6) is 0 Å². The van der Waals surface area contributed by atoms with E-state index in [9.17, 15) is 28.8 Å². The van der Waals surface area contributed by atoms with Crippen molar-refractivity contribution in [1.82, 2.24) is 52.3 Å². The molecule has 0 saturated carbocycles. The average Bonchev–Trinajstić information content (AvgIpc) is 3.71. The molecule has 4 aliphatic rings. The highest BCUT2D eigenvalue weighted by atomic mass is 32.2. The van der Waals surface area contributed by atoms with Crippen LogP contribution < -0.4 is 42.5 Å². The number of hydrogen-bond donors (Lipinski definition) is 8. The Morgan fingerprint density at radius 3 is 1.14 bits per heavy atom. The van der Waals surface area contributed by atoms with Crippen LogP contribution >= 0.6 is 183 Å². The smallest absolute Gasteiger partial charge is 0.247 e. The lowest BCUT2D eigenvalue weighted by Crippen LogP contribution is -2.58. The van der Waals surface area contributed by atoms with Crippen LogP contribution in [-0.4, -0.2) is 128 Å². The zero-order valence-corrected chi connectivity index (χ0v) is 61.8. The minimum atomic E-state index is -1.05. The molecule has 10 atom stereocenters. The zero-order valence-electron chi connectivity index (χ0n) is 48.5. The van der Waals surface area contributed by atoms with Crippen molar-refractivity contribution in [2.24, 2.45) is 10.8 Å². The van der Waals surface area contributed by atoms with E-state index in [0.717, 1.165) is 22.6 Å². The fourth-order valence-electron chi connectivity index (χ4n) is 10.3. The predicted molar refractivity (Wildman–Crippen MR) is 404 cm³/mol. The van der Waals surface area contributed by atoms with Crippen LogP contribution in [0.15, 0.2) is 84.9 Å². The van der Waals surface area contributed by atoms with Crippen molar-refractivity contribution in [1.29, 1.82) is 0 Å². The van der Waals surface area contributed by atoms with Gasteiger partial charge >= 0.3 is 0 Å². The number of thioether (sulfide) groups is 2. The van der Waals surface area contributed by atoms with Crippen LogP contribution in [-0.2, 0) is 41.9 Å². The summed E-state index contributed by atoms with van der Waals surface area (Å²) >= 11 is 14.5. The van der Waals surface area contributed by atoms with Crippen molar-refractivity contribution >= 4 is 228 Å². The van der Waals surface area contributed by atoms with E-state index in [0.29, 0.717) is 46.8 Å². The fourth-order valence-corrected chi connectivity index (χ4v) is 13.9. The molecule has 0 spiro atoms. The third kappa shape index (κ3) is 21.8. The van der Waals surface area contributed by atoms with Gasteiger partial charge in [0.05, 0.1) is 32.8 Å². The monoisotopic (exact) mass is 1420 g/mol. The molecule has 4 saturated heterocycles. The predicted octanol–water partition coefficient (Wildman–Crippen LogP) is 5.73. The summed E-state index contributed by atoms with van der Waals surface area (Å²) in [5, 5.41) is 24.4. The van der Waals surface area contributed by atoms with E-state index in [1.54, 1.807) is 71.7 Å². The number of rotatable bonds is 18. The van der Waals surface area contributed by atoms with E-state index in [2.05, 4.69) is 42.5 Å². The Balaban J connectivity index is -0.00000320. The molecule has 4 fully saturated rings. The van der Waals surface area contributed by atoms with E-state index in [1.165, 1.54) is 0 Å². The molecule has 30 heteroatoms. The quantitative estimate of drug-likeness (QED) is 0.0718. The topological polar surface area (TPSA) is 205 Å². The van der Waals surface area contributed by atoms with E-state index in [4.69, 9.17) is 24.4 Å². The lowest BCUT2D eigenvalue weighted by Gasteiger charge is -2.35. The summed E-state index contributed by atoms with van der Waals surface area (Å²) in [6.07, 6.45) is 2.37. The van der Waals surface area contributed by atoms with Crippen molar-refractivity contribution in [2.75, 3.05) is 25.6 Å². The number of benzene rings is 3. The molecule has 0 radical (unpaired) electrons. The molecule has 3 aromatic carbocycles. The normalized spacial score (nSPS) is 21.7. The minimum absolute atomic E-state index is 0. The largest absolute Gasteiger partial charge is 0.367 e. The fraction of sp³-hybridized carbons (Fsp3) is 0.519. The molecule has 478 valence electrons. The summed E-state index contributed by atoms with van der Waals surface area (Å²) in [6, 6.07) is 20.3. The number of thiocarbonyl (C=S) groups is 2. The molecular formula is C54H92N10O6S14. The van der Waals surface area contributed by atoms with Crippen molar-refractivity contribution in [3.05, 3.63) is 107 Å². The highest BCUT2D eigenvalue weighted by Crippen LogP contribution is 2.48. The molecule has 84 heavy (non-hydrogen) atoms. The Hall–Kier alpha value is -1.62. The standard InChI is InChI=1S/C54H72N10O6S4.10H2S/c1-31(55-7)49(71)59-37-23-25-73-39-27-53(3,4)43(63(39)51(37)69)47(67)61-41(35-15-11-9-12-16-35)45(65)57-29-33-19-21-34(22-20-33)30-58-46(66)42(36-17-13-10-14-18-36)62-48(68)44-54(5,6)28-40-64(44)52(70)38(24-26-74-40)60-50(72)32(2)56-8;;;;;;;;;;/h9-22,31-32,37-44,55-56H,23-30H2,1-8H3,(H,57,65)(H,58,66)(H,59,71)(H,60,72)(H,61,67)(H,62,68);10*1H2/t31-,32-,37-,38-,39-,40-,41-,42-,43+,44+;;;;;;;;;;/m0........../s1. The molecule has 0 aliphatic carbocycles. The van der Waals surface area contributed by atoms with E-state index >= 15 is 0 Å². The first-order valence-electron chi connectivity index (χ1n) is 25.4. The lowest BCUT2D eigenvalue weighted by atomic mass is 9.83. The van der Waals surface area contributed by atoms with Gasteiger partial charge in [0.1, 0.15) is 36.3 Å². The van der Waals surface area contributed by atoms with Gasteiger partial charge in [-0.15, -0.1) is 23.5 Å². The Kier molecular flexibility index (Phi) is 42.5. The van der Waals surface area contributed by atoms with Gasteiger partial charge in [0.15, 0.2) is 0 Å². The molecule has 0 aromatic heterocycles. The first-order chi connectivity index (χ1) is 35.2. The zero-order chi connectivity index (χ0) is 53.5. The van der Waals surface area contributed by atoms with Crippen LogP contribution in [0.4, 0.5) is 0 Å². The summed E-state index contributed by atoms with van der Waals surface area (Å²) in [5.41, 5.74) is 1.59. The summed E-state index contributed by atoms with van der Waals surface area (Å²) < 4.78 is 0. The first kappa shape index (κ1) is 88.8. The van der Waals surface area contributed by atoms with Crippen LogP contribution in [0.1, 0.15) is 102 Å². The maximum Gasteiger partial charge on any atom is 0.247 e. The second-order valence-electron chi connectivity index (χ2n) is 21.0. The molecule has 4 heterocycles. The van der Waals surface area contributed by atoms with E-state index in [1.807, 2.05) is 102 Å². The first-order valence-corrected chi connectivity index (χ1v) is 28.3. The van der Waals surface area contributed by atoms with Gasteiger partial charge in [0.2, 0.25) is 35.4 Å². The summed E-state index contributed by atoms with van der Waals surface area (Å²) in [6.45, 7) is 12.1. The van der Waals surface area contributed by atoms with Gasteiger partial charge in [-0.1, -0.05) is 137 Å². The van der Waals surface area contributed by atoms with Crippen LogP contribution in [0, 0.1) is 10.8 Å². The molecule has 6 amide bonds. The highest BCUT2D eigenvalue weighted by molar-refractivity contribution is 8.00. The number of fused-ring (bicyclic) bond motifs is 2. The third-order valence-electron chi connectivity index (χ3n) is 14.7. The summed E-state index contributed by atoms with van der Waals surface area (Å²) in [4.78, 5) is 90.4. The van der Waals surface area contributed by atoms with Gasteiger partial charge in [-0.3, -0.25) is 28.8 Å². The highest BCUT2D eigenvalue weighted by Gasteiger charge is 2.56. The Morgan fingerprint density at radius 1 is 0.536 bits per heavy atom. The van der Waals surface area contributed by atoms with Gasteiger partial charge in [0.25, 0.3) is 0 Å². The van der Waals surface area contributed by atoms with Crippen LogP contribution in [0.3, 0.4) is 0 Å². The molecule has 0 unspecified atom stereocenters. The molecule has 8 N–H and O–H groups in total. The van der Waals surface area contributed by atoms with Crippen LogP contribution in [0.25, 0.3) is 0 Å². The molecule has 16 nitrogen and oxygen atoms in total. The molecule has 0 bridgehead atoms. The maximum atomic E-state index is 14.5. The van der Waals surface area contributed by atoms with Gasteiger partial charge in [-0.05, 0) is 98.2 Å². The number of amides is 6. The second-order valence-corrected chi connectivity index (χ2v) is 24.5. The third-order valence-corrected chi connectivity index (χ3v) is 18.1. The Bertz CT molecular complexity index is 2400. The molecular weight excluding hydrogens is 1330 g/mol. The van der Waals surface area contributed by atoms with Crippen LogP contribution in [0.2, 0.25) is 0 Å². The van der Waals surface area contributed by atoms with E-state index in [-0.39, 0.29) is 183 Å². The van der Waals surface area contributed by atoms with E-state index < -0.39 is 70.7 Å². The number of likely N-dealkylation sites (N-methyl/N-ethyl adjacent to an activating group) is 2. The Labute approximate surface area is 586 Å². The number of nitrogens with zero attached hydrogens (tertiary/aromatic N) is 2. The summed E-state index contributed by atoms with van der Waals surface area (Å²) in [7, 11) is 3.61. The molecule has 7 rings (SSSR count). The second kappa shape index (κ2) is 40.2. The average molecular weight is 1430 g/mol. The van der Waals surface area contributed by atoms with Crippen molar-refractivity contribution in [3.8, 4) is 0 Å². The van der Waals surface area contributed by atoms with Gasteiger partial charge < -0.3 is 52.3 Å². The maximum absolute atomic E-state index is 14.5. The van der Waals surface area contributed by atoms with Crippen molar-refractivity contribution < 1.29 is 28.8 Å². The molecule has 3 aromatic rings. The van der Waals surface area contributed by atoms with Gasteiger partial charge in [-0.2, -0.15) is 135 Å². The summed E-state index contributed by atoms with van der Waals surface area (Å²) in [5.74, 6) is -0.569. The number of carbonyl (C=O) groups is 6. The SMILES string of the molecule is CN[C@@H](C)C(=S)N[C@H]1CCS[C@H]2CC(C)(C)[C@@H](C(=O)N[C@H](C(=O)NCc3ccc(CNC(=O)[C@@H](NC(=O)[C@H]4N5C(=O)[C@@H](NC(=S)[C@H](C)NC)CCS[C@H]5CC4(C)C)c4ccccc4)cc3)c3ccccc3)N2C1=O.S.S.S.S.S.S.S.S.S.S. The van der Waals surface area contributed by atoms with Crippen molar-refractivity contribution in [3.63, 3.8) is 0 Å². The Morgan fingerprint density at radius 2 is 0.845 bits per heavy atom. The number of nitrogens with one attached hydrogen (secondary N) is 8. The van der Waals surface area contributed by atoms with Gasteiger partial charge in [0, 0.05) is 13.1 Å². The minimum Gasteiger partial charge on any atom is -0.367 e. The van der Waals surface area contributed by atoms with Crippen molar-refractivity contribution in [2.45, 2.75) is 139 Å². The lowest BCUT2D eigenvalue weighted by molar-refractivity contribution is -0.143. The van der Waals surface area contributed by atoms with Gasteiger partial charge in [-0.25, -0.2) is 0 Å².